The van der Waals surface area contributed by atoms with Crippen molar-refractivity contribution in [3.63, 3.8) is 0 Å². The lowest BCUT2D eigenvalue weighted by molar-refractivity contribution is 0.0954. The van der Waals surface area contributed by atoms with Crippen LogP contribution in [0.1, 0.15) is 27.0 Å². The highest BCUT2D eigenvalue weighted by molar-refractivity contribution is 8.06. The van der Waals surface area contributed by atoms with E-state index in [9.17, 15) is 4.79 Å². The number of amides is 1. The molecule has 1 amide bonds. The van der Waals surface area contributed by atoms with Gasteiger partial charge in [-0.1, -0.05) is 6.07 Å². The third-order valence-corrected chi connectivity index (χ3v) is 7.05. The number of aromatic nitrogens is 1. The summed E-state index contributed by atoms with van der Waals surface area (Å²) < 4.78 is 5.97. The van der Waals surface area contributed by atoms with Crippen LogP contribution < -0.4 is 10.1 Å². The number of ether oxygens (including phenoxy) is 1. The van der Waals surface area contributed by atoms with Crippen molar-refractivity contribution in [3.05, 3.63) is 58.9 Å². The van der Waals surface area contributed by atoms with Crippen molar-refractivity contribution in [1.82, 2.24) is 10.3 Å². The molecule has 26 heavy (non-hydrogen) atoms. The van der Waals surface area contributed by atoms with E-state index >= 15 is 0 Å². The standard InChI is InChI=1S/C20H24N2O2S2/c1-14-8-17(20(23)22-11-18-13-25-6-7-26-18)9-15(2)19(14)24-12-16-4-3-5-21-10-16/h3-5,8-10,18H,6-7,11-13H2,1-2H3,(H,22,23)/t18-/m0/s1. The highest BCUT2D eigenvalue weighted by Crippen LogP contribution is 2.26. The normalized spacial score (nSPS) is 16.9. The minimum Gasteiger partial charge on any atom is -0.488 e. The lowest BCUT2D eigenvalue weighted by Gasteiger charge is -2.21. The molecule has 1 aromatic carbocycles. The Labute approximate surface area is 163 Å². The number of aryl methyl sites for hydroxylation is 2. The van der Waals surface area contributed by atoms with Crippen LogP contribution in [0, 0.1) is 13.8 Å². The van der Waals surface area contributed by atoms with E-state index in [0.717, 1.165) is 34.7 Å². The van der Waals surface area contributed by atoms with Gasteiger partial charge in [0.1, 0.15) is 12.4 Å². The molecule has 0 aliphatic carbocycles. The Morgan fingerprint density at radius 3 is 2.77 bits per heavy atom. The molecule has 1 aliphatic rings. The molecule has 1 fully saturated rings. The summed E-state index contributed by atoms with van der Waals surface area (Å²) in [5.74, 6) is 4.33. The fourth-order valence-electron chi connectivity index (χ4n) is 2.91. The van der Waals surface area contributed by atoms with Gasteiger partial charge < -0.3 is 10.1 Å². The third kappa shape index (κ3) is 5.17. The summed E-state index contributed by atoms with van der Waals surface area (Å²) in [6.45, 7) is 5.16. The number of benzene rings is 1. The topological polar surface area (TPSA) is 51.2 Å². The zero-order chi connectivity index (χ0) is 18.4. The quantitative estimate of drug-likeness (QED) is 0.814. The molecule has 4 nitrogen and oxygen atoms in total. The first-order valence-corrected chi connectivity index (χ1v) is 10.9. The van der Waals surface area contributed by atoms with Gasteiger partial charge >= 0.3 is 0 Å². The van der Waals surface area contributed by atoms with Crippen LogP contribution in [-0.4, -0.2) is 39.9 Å². The molecule has 3 rings (SSSR count). The maximum Gasteiger partial charge on any atom is 0.251 e. The first-order chi connectivity index (χ1) is 12.6. The molecule has 2 heterocycles. The van der Waals surface area contributed by atoms with E-state index in [4.69, 9.17) is 4.74 Å². The summed E-state index contributed by atoms with van der Waals surface area (Å²) >= 11 is 3.92. The number of hydrogen-bond donors (Lipinski definition) is 1. The van der Waals surface area contributed by atoms with Crippen molar-refractivity contribution in [2.75, 3.05) is 23.8 Å². The van der Waals surface area contributed by atoms with Crippen molar-refractivity contribution in [2.24, 2.45) is 0 Å². The van der Waals surface area contributed by atoms with Gasteiger partial charge in [0.25, 0.3) is 5.91 Å². The van der Waals surface area contributed by atoms with Gasteiger partial charge in [-0.25, -0.2) is 0 Å². The number of rotatable bonds is 6. The Kier molecular flexibility index (Phi) is 6.86. The summed E-state index contributed by atoms with van der Waals surface area (Å²) in [5.41, 5.74) is 3.67. The predicted molar refractivity (Wildman–Crippen MR) is 110 cm³/mol. The Balaban J connectivity index is 1.61. The van der Waals surface area contributed by atoms with Gasteiger partial charge in [0.15, 0.2) is 0 Å². The molecule has 0 unspecified atom stereocenters. The molecule has 1 aromatic heterocycles. The third-order valence-electron chi connectivity index (χ3n) is 4.20. The van der Waals surface area contributed by atoms with Gasteiger partial charge in [-0.15, -0.1) is 0 Å². The fraction of sp³-hybridized carbons (Fsp3) is 0.400. The van der Waals surface area contributed by atoms with Gasteiger partial charge in [0, 0.05) is 52.6 Å². The minimum absolute atomic E-state index is 0.00816. The number of hydrogen-bond acceptors (Lipinski definition) is 5. The number of carbonyl (C=O) groups excluding carboxylic acids is 1. The maximum atomic E-state index is 12.5. The van der Waals surface area contributed by atoms with Crippen LogP contribution in [0.25, 0.3) is 0 Å². The lowest BCUT2D eigenvalue weighted by Crippen LogP contribution is -2.33. The molecular weight excluding hydrogens is 364 g/mol. The van der Waals surface area contributed by atoms with Crippen LogP contribution in [0.4, 0.5) is 0 Å². The number of carbonyl (C=O) groups is 1. The molecular formula is C20H24N2O2S2. The van der Waals surface area contributed by atoms with Crippen LogP contribution in [0.2, 0.25) is 0 Å². The van der Waals surface area contributed by atoms with Crippen molar-refractivity contribution < 1.29 is 9.53 Å². The Morgan fingerprint density at radius 1 is 1.31 bits per heavy atom. The molecule has 1 saturated heterocycles. The maximum absolute atomic E-state index is 12.5. The average Bonchev–Trinajstić information content (AvgIpc) is 2.67. The molecule has 0 saturated carbocycles. The van der Waals surface area contributed by atoms with Crippen molar-refractivity contribution in [1.29, 1.82) is 0 Å². The van der Waals surface area contributed by atoms with Gasteiger partial charge in [-0.05, 0) is 43.2 Å². The molecule has 0 radical (unpaired) electrons. The second kappa shape index (κ2) is 9.33. The first kappa shape index (κ1) is 19.1. The van der Waals surface area contributed by atoms with Crippen molar-refractivity contribution >= 4 is 29.4 Å². The molecule has 0 bridgehead atoms. The zero-order valence-corrected chi connectivity index (χ0v) is 16.8. The molecule has 0 spiro atoms. The van der Waals surface area contributed by atoms with E-state index in [1.807, 2.05) is 61.6 Å². The molecule has 1 atom stereocenters. The summed E-state index contributed by atoms with van der Waals surface area (Å²) in [7, 11) is 0. The van der Waals surface area contributed by atoms with Crippen LogP contribution in [0.15, 0.2) is 36.7 Å². The predicted octanol–water partition coefficient (Wildman–Crippen LogP) is 3.86. The summed E-state index contributed by atoms with van der Waals surface area (Å²) in [6, 6.07) is 7.70. The lowest BCUT2D eigenvalue weighted by atomic mass is 10.0. The largest absolute Gasteiger partial charge is 0.488 e. The summed E-state index contributed by atoms with van der Waals surface area (Å²) in [6.07, 6.45) is 3.55. The second-order valence-electron chi connectivity index (χ2n) is 6.37. The molecule has 6 heteroatoms. The van der Waals surface area contributed by atoms with Crippen LogP contribution in [-0.2, 0) is 6.61 Å². The average molecular weight is 389 g/mol. The molecule has 2 aromatic rings. The zero-order valence-electron chi connectivity index (χ0n) is 15.2. The molecule has 1 N–H and O–H groups in total. The van der Waals surface area contributed by atoms with Crippen LogP contribution in [0.3, 0.4) is 0 Å². The first-order valence-electron chi connectivity index (χ1n) is 8.74. The van der Waals surface area contributed by atoms with E-state index in [0.29, 0.717) is 17.4 Å². The Bertz CT molecular complexity index is 724. The Hall–Kier alpha value is -1.66. The second-order valence-corrected chi connectivity index (χ2v) is 8.92. The fourth-order valence-corrected chi connectivity index (χ4v) is 5.52. The number of pyridine rings is 1. The molecule has 138 valence electrons. The Morgan fingerprint density at radius 2 is 2.12 bits per heavy atom. The monoisotopic (exact) mass is 388 g/mol. The van der Waals surface area contributed by atoms with Crippen molar-refractivity contribution in [3.8, 4) is 5.75 Å². The highest BCUT2D eigenvalue weighted by Gasteiger charge is 2.17. The summed E-state index contributed by atoms with van der Waals surface area (Å²) in [4.78, 5) is 16.6. The van der Waals surface area contributed by atoms with E-state index in [1.165, 1.54) is 11.5 Å². The highest BCUT2D eigenvalue weighted by atomic mass is 32.2. The van der Waals surface area contributed by atoms with Gasteiger partial charge in [0.2, 0.25) is 0 Å². The van der Waals surface area contributed by atoms with Gasteiger partial charge in [-0.2, -0.15) is 23.5 Å². The smallest absolute Gasteiger partial charge is 0.251 e. The SMILES string of the molecule is Cc1cc(C(=O)NC[C@H]2CSCCS2)cc(C)c1OCc1cccnc1. The van der Waals surface area contributed by atoms with Crippen molar-refractivity contribution in [2.45, 2.75) is 25.7 Å². The van der Waals surface area contributed by atoms with E-state index in [1.54, 1.807) is 12.4 Å². The minimum atomic E-state index is -0.00816. The van der Waals surface area contributed by atoms with Crippen LogP contribution >= 0.6 is 23.5 Å². The van der Waals surface area contributed by atoms with Gasteiger partial charge in [0.05, 0.1) is 0 Å². The number of thioether (sulfide) groups is 2. The van der Waals surface area contributed by atoms with Crippen LogP contribution in [0.5, 0.6) is 5.75 Å². The van der Waals surface area contributed by atoms with E-state index in [-0.39, 0.29) is 5.91 Å². The van der Waals surface area contributed by atoms with E-state index < -0.39 is 0 Å². The van der Waals surface area contributed by atoms with E-state index in [2.05, 4.69) is 10.3 Å². The number of nitrogens with zero attached hydrogens (tertiary/aromatic N) is 1. The number of nitrogens with one attached hydrogen (secondary N) is 1. The molecule has 1 aliphatic heterocycles. The van der Waals surface area contributed by atoms with Gasteiger partial charge in [-0.3, -0.25) is 9.78 Å². The summed E-state index contributed by atoms with van der Waals surface area (Å²) in [5, 5.41) is 3.59.